The second-order valence-electron chi connectivity index (χ2n) is 4.36. The first-order chi connectivity index (χ1) is 6.65. The Hall–Kier alpha value is 0.400. The highest BCUT2D eigenvalue weighted by molar-refractivity contribution is 9.09. The number of hydrogen-bond acceptors (Lipinski definition) is 2. The summed E-state index contributed by atoms with van der Waals surface area (Å²) in [5, 5.41) is 0. The van der Waals surface area contributed by atoms with Crippen molar-refractivity contribution in [3.8, 4) is 0 Å². The van der Waals surface area contributed by atoms with Crippen LogP contribution in [0.5, 0.6) is 0 Å². The molecule has 1 saturated heterocycles. The zero-order valence-electron chi connectivity index (χ0n) is 9.50. The lowest BCUT2D eigenvalue weighted by molar-refractivity contribution is 0.0740. The molecule has 2 atom stereocenters. The van der Waals surface area contributed by atoms with Crippen LogP contribution in [0.3, 0.4) is 0 Å². The third-order valence-corrected chi connectivity index (χ3v) is 4.00. The molecule has 3 heteroatoms. The maximum absolute atomic E-state index is 5.18. The maximum atomic E-state index is 5.18. The Bertz CT molecular complexity index is 155. The van der Waals surface area contributed by atoms with Crippen LogP contribution in [-0.2, 0) is 4.74 Å². The van der Waals surface area contributed by atoms with Gasteiger partial charge in [0.2, 0.25) is 0 Å². The Morgan fingerprint density at radius 2 is 1.93 bits per heavy atom. The van der Waals surface area contributed by atoms with Gasteiger partial charge in [-0.3, -0.25) is 4.90 Å². The molecule has 1 fully saturated rings. The van der Waals surface area contributed by atoms with E-state index in [1.165, 1.54) is 25.9 Å². The van der Waals surface area contributed by atoms with Crippen molar-refractivity contribution in [2.45, 2.75) is 37.6 Å². The summed E-state index contributed by atoms with van der Waals surface area (Å²) in [4.78, 5) is 3.21. The van der Waals surface area contributed by atoms with Crippen molar-refractivity contribution < 1.29 is 4.74 Å². The lowest BCUT2D eigenvalue weighted by Gasteiger charge is -2.36. The number of alkyl halides is 1. The van der Waals surface area contributed by atoms with Crippen molar-refractivity contribution in [1.82, 2.24) is 4.90 Å². The molecule has 0 N–H and O–H groups in total. The molecule has 1 aliphatic rings. The molecule has 14 heavy (non-hydrogen) atoms. The fourth-order valence-corrected chi connectivity index (χ4v) is 2.69. The highest BCUT2D eigenvalue weighted by Crippen LogP contribution is 2.25. The van der Waals surface area contributed by atoms with E-state index in [9.17, 15) is 0 Å². The van der Waals surface area contributed by atoms with Crippen LogP contribution >= 0.6 is 15.9 Å². The summed E-state index contributed by atoms with van der Waals surface area (Å²) in [5.41, 5.74) is 0. The highest BCUT2D eigenvalue weighted by Gasteiger charge is 2.24. The number of ether oxygens (including phenoxy) is 1. The van der Waals surface area contributed by atoms with Crippen molar-refractivity contribution in [2.24, 2.45) is 5.92 Å². The monoisotopic (exact) mass is 263 g/mol. The van der Waals surface area contributed by atoms with Gasteiger partial charge < -0.3 is 4.74 Å². The lowest BCUT2D eigenvalue weighted by atomic mass is 9.93. The number of hydrogen-bond donors (Lipinski definition) is 0. The minimum atomic E-state index is 0.576. The molecule has 2 unspecified atom stereocenters. The van der Waals surface area contributed by atoms with E-state index in [4.69, 9.17) is 4.74 Å². The summed E-state index contributed by atoms with van der Waals surface area (Å²) < 4.78 is 5.18. The molecule has 0 aromatic heterocycles. The number of piperidine rings is 1. The fourth-order valence-electron chi connectivity index (χ4n) is 2.17. The smallest absolute Gasteiger partial charge is 0.0615 e. The normalized spacial score (nSPS) is 24.9. The van der Waals surface area contributed by atoms with E-state index in [-0.39, 0.29) is 0 Å². The van der Waals surface area contributed by atoms with Crippen LogP contribution in [0.4, 0.5) is 0 Å². The topological polar surface area (TPSA) is 12.5 Å². The third kappa shape index (κ3) is 3.52. The molecule has 0 aliphatic carbocycles. The van der Waals surface area contributed by atoms with Crippen LogP contribution in [0.25, 0.3) is 0 Å². The van der Waals surface area contributed by atoms with Gasteiger partial charge in [-0.05, 0) is 38.8 Å². The van der Waals surface area contributed by atoms with Crippen LogP contribution in [0.1, 0.15) is 26.7 Å². The van der Waals surface area contributed by atoms with E-state index in [0.29, 0.717) is 10.9 Å². The van der Waals surface area contributed by atoms with Gasteiger partial charge in [0.1, 0.15) is 0 Å². The van der Waals surface area contributed by atoms with Gasteiger partial charge in [0.25, 0.3) is 0 Å². The van der Waals surface area contributed by atoms with Crippen molar-refractivity contribution >= 4 is 15.9 Å². The Labute approximate surface area is 96.1 Å². The first kappa shape index (κ1) is 12.5. The van der Waals surface area contributed by atoms with Gasteiger partial charge in [0.05, 0.1) is 6.61 Å². The van der Waals surface area contributed by atoms with E-state index in [2.05, 4.69) is 34.7 Å². The molecular weight excluding hydrogens is 242 g/mol. The van der Waals surface area contributed by atoms with Crippen molar-refractivity contribution in [3.63, 3.8) is 0 Å². The minimum Gasteiger partial charge on any atom is -0.383 e. The van der Waals surface area contributed by atoms with Crippen LogP contribution in [0.2, 0.25) is 0 Å². The predicted octanol–water partition coefficient (Wildman–Crippen LogP) is 2.52. The Morgan fingerprint density at radius 3 is 2.36 bits per heavy atom. The molecule has 0 aromatic rings. The van der Waals surface area contributed by atoms with Crippen molar-refractivity contribution in [2.75, 3.05) is 26.8 Å². The zero-order valence-corrected chi connectivity index (χ0v) is 11.1. The molecule has 0 bridgehead atoms. The molecule has 0 saturated carbocycles. The SMILES string of the molecule is COCC(C)N1CCC(C(C)Br)CC1. The molecular formula is C11H22BrNO. The molecule has 2 nitrogen and oxygen atoms in total. The minimum absolute atomic E-state index is 0.576. The lowest BCUT2D eigenvalue weighted by Crippen LogP contribution is -2.43. The largest absolute Gasteiger partial charge is 0.383 e. The van der Waals surface area contributed by atoms with E-state index in [0.717, 1.165) is 12.5 Å². The van der Waals surface area contributed by atoms with Gasteiger partial charge in [-0.15, -0.1) is 0 Å². The van der Waals surface area contributed by atoms with Crippen LogP contribution in [0, 0.1) is 5.92 Å². The first-order valence-corrected chi connectivity index (χ1v) is 6.43. The van der Waals surface area contributed by atoms with Gasteiger partial charge in [0.15, 0.2) is 0 Å². The third-order valence-electron chi connectivity index (χ3n) is 3.26. The van der Waals surface area contributed by atoms with E-state index in [1.807, 2.05) is 0 Å². The number of likely N-dealkylation sites (tertiary alicyclic amines) is 1. The first-order valence-electron chi connectivity index (χ1n) is 5.52. The zero-order chi connectivity index (χ0) is 10.6. The molecule has 0 radical (unpaired) electrons. The van der Waals surface area contributed by atoms with Gasteiger partial charge in [-0.1, -0.05) is 22.9 Å². The van der Waals surface area contributed by atoms with E-state index >= 15 is 0 Å². The average molecular weight is 264 g/mol. The Balaban J connectivity index is 2.28. The van der Waals surface area contributed by atoms with Crippen LogP contribution in [-0.4, -0.2) is 42.6 Å². The number of methoxy groups -OCH3 is 1. The Kier molecular flexibility index (Phi) is 5.42. The predicted molar refractivity (Wildman–Crippen MR) is 64.0 cm³/mol. The summed E-state index contributed by atoms with van der Waals surface area (Å²) in [6.07, 6.45) is 2.64. The second kappa shape index (κ2) is 6.09. The van der Waals surface area contributed by atoms with Crippen molar-refractivity contribution in [3.05, 3.63) is 0 Å². The second-order valence-corrected chi connectivity index (χ2v) is 5.80. The summed E-state index contributed by atoms with van der Waals surface area (Å²) in [5.74, 6) is 0.862. The summed E-state index contributed by atoms with van der Waals surface area (Å²) in [7, 11) is 1.78. The molecule has 84 valence electrons. The van der Waals surface area contributed by atoms with Gasteiger partial charge >= 0.3 is 0 Å². The highest BCUT2D eigenvalue weighted by atomic mass is 79.9. The molecule has 1 aliphatic heterocycles. The van der Waals surface area contributed by atoms with E-state index in [1.54, 1.807) is 7.11 Å². The number of nitrogens with zero attached hydrogens (tertiary/aromatic N) is 1. The summed E-state index contributed by atoms with van der Waals surface area (Å²) in [6.45, 7) is 7.82. The number of halogens is 1. The molecule has 1 rings (SSSR count). The molecule has 0 spiro atoms. The molecule has 0 aromatic carbocycles. The maximum Gasteiger partial charge on any atom is 0.0615 e. The number of rotatable bonds is 4. The standard InChI is InChI=1S/C11H22BrNO/c1-9(8-14-3)13-6-4-11(5-7-13)10(2)12/h9-11H,4-8H2,1-3H3. The summed E-state index contributed by atoms with van der Waals surface area (Å²) in [6, 6.07) is 0.576. The van der Waals surface area contributed by atoms with Crippen LogP contribution in [0.15, 0.2) is 0 Å². The summed E-state index contributed by atoms with van der Waals surface area (Å²) >= 11 is 3.68. The molecule has 0 amide bonds. The van der Waals surface area contributed by atoms with Crippen molar-refractivity contribution in [1.29, 1.82) is 0 Å². The average Bonchev–Trinajstić information content (AvgIpc) is 2.18. The Morgan fingerprint density at radius 1 is 1.36 bits per heavy atom. The van der Waals surface area contributed by atoms with E-state index < -0.39 is 0 Å². The van der Waals surface area contributed by atoms with Gasteiger partial charge in [-0.25, -0.2) is 0 Å². The quantitative estimate of drug-likeness (QED) is 0.723. The van der Waals surface area contributed by atoms with Crippen LogP contribution < -0.4 is 0 Å². The fraction of sp³-hybridized carbons (Fsp3) is 1.00. The van der Waals surface area contributed by atoms with Gasteiger partial charge in [0, 0.05) is 18.0 Å². The van der Waals surface area contributed by atoms with Gasteiger partial charge in [-0.2, -0.15) is 0 Å². The molecule has 1 heterocycles.